The standard InChI is InChI=1S/C11H17N9O/c1-11(2,7(12)21)5-15-8-16-9(19-13)18-10(17-8)20-4-3-14-6-20/h3-4,6H,5,13H2,1-2H3,(H2,12,21)(H2,15,16,17,18,19). The fourth-order valence-corrected chi connectivity index (χ4v) is 1.39. The van der Waals surface area contributed by atoms with Crippen molar-refractivity contribution in [2.24, 2.45) is 17.0 Å². The van der Waals surface area contributed by atoms with E-state index in [1.54, 1.807) is 37.1 Å². The van der Waals surface area contributed by atoms with Crippen LogP contribution in [0, 0.1) is 5.41 Å². The lowest BCUT2D eigenvalue weighted by atomic mass is 9.93. The zero-order chi connectivity index (χ0) is 15.5. The molecule has 0 aromatic carbocycles. The van der Waals surface area contributed by atoms with Crippen LogP contribution >= 0.6 is 0 Å². The average molecular weight is 291 g/mol. The number of amides is 1. The molecule has 0 radical (unpaired) electrons. The maximum Gasteiger partial charge on any atom is 0.243 e. The summed E-state index contributed by atoms with van der Waals surface area (Å²) in [5, 5.41) is 2.95. The van der Waals surface area contributed by atoms with Gasteiger partial charge < -0.3 is 11.1 Å². The van der Waals surface area contributed by atoms with Crippen molar-refractivity contribution in [3.63, 3.8) is 0 Å². The van der Waals surface area contributed by atoms with Crippen molar-refractivity contribution >= 4 is 17.8 Å². The van der Waals surface area contributed by atoms with Gasteiger partial charge in [-0.25, -0.2) is 10.8 Å². The third kappa shape index (κ3) is 3.42. The molecule has 0 aliphatic carbocycles. The molecule has 1 amide bonds. The van der Waals surface area contributed by atoms with Crippen LogP contribution in [0.25, 0.3) is 5.95 Å². The molecule has 0 saturated carbocycles. The van der Waals surface area contributed by atoms with Crippen molar-refractivity contribution in [2.75, 3.05) is 17.3 Å². The van der Waals surface area contributed by atoms with Crippen LogP contribution < -0.4 is 22.3 Å². The number of nitrogen functional groups attached to an aromatic ring is 1. The second-order valence-electron chi connectivity index (χ2n) is 5.00. The van der Waals surface area contributed by atoms with Crippen LogP contribution in [0.3, 0.4) is 0 Å². The SMILES string of the molecule is CC(C)(CNc1nc(NN)nc(-n2ccnc2)n1)C(N)=O. The summed E-state index contributed by atoms with van der Waals surface area (Å²) in [7, 11) is 0. The van der Waals surface area contributed by atoms with E-state index < -0.39 is 11.3 Å². The zero-order valence-electron chi connectivity index (χ0n) is 11.7. The van der Waals surface area contributed by atoms with Crippen LogP contribution in [0.5, 0.6) is 0 Å². The van der Waals surface area contributed by atoms with Gasteiger partial charge in [0.15, 0.2) is 0 Å². The molecule has 0 aliphatic rings. The average Bonchev–Trinajstić information content (AvgIpc) is 2.99. The lowest BCUT2D eigenvalue weighted by molar-refractivity contribution is -0.125. The number of nitrogens with two attached hydrogens (primary N) is 2. The summed E-state index contributed by atoms with van der Waals surface area (Å²) in [6.45, 7) is 3.73. The van der Waals surface area contributed by atoms with Gasteiger partial charge in [-0.15, -0.1) is 0 Å². The van der Waals surface area contributed by atoms with Gasteiger partial charge in [0.1, 0.15) is 6.33 Å². The molecule has 0 fully saturated rings. The summed E-state index contributed by atoms with van der Waals surface area (Å²) in [5.41, 5.74) is 6.94. The van der Waals surface area contributed by atoms with Crippen LogP contribution in [-0.2, 0) is 4.79 Å². The summed E-state index contributed by atoms with van der Waals surface area (Å²) in [4.78, 5) is 27.6. The highest BCUT2D eigenvalue weighted by molar-refractivity contribution is 5.80. The third-order valence-corrected chi connectivity index (χ3v) is 2.84. The molecule has 6 N–H and O–H groups in total. The molecule has 0 unspecified atom stereocenters. The maximum absolute atomic E-state index is 11.3. The minimum absolute atomic E-state index is 0.188. The second kappa shape index (κ2) is 5.71. The largest absolute Gasteiger partial charge is 0.369 e. The molecule has 2 aromatic rings. The summed E-state index contributed by atoms with van der Waals surface area (Å²) >= 11 is 0. The fourth-order valence-electron chi connectivity index (χ4n) is 1.39. The van der Waals surface area contributed by atoms with Crippen LogP contribution in [0.4, 0.5) is 11.9 Å². The van der Waals surface area contributed by atoms with Gasteiger partial charge in [-0.2, -0.15) is 15.0 Å². The molecular weight excluding hydrogens is 274 g/mol. The molecule has 2 rings (SSSR count). The molecule has 2 heterocycles. The monoisotopic (exact) mass is 291 g/mol. The van der Waals surface area contributed by atoms with Gasteiger partial charge in [0.2, 0.25) is 23.8 Å². The Morgan fingerprint density at radius 2 is 2.05 bits per heavy atom. The Labute approximate surface area is 121 Å². The van der Waals surface area contributed by atoms with E-state index in [1.807, 2.05) is 0 Å². The van der Waals surface area contributed by atoms with E-state index in [1.165, 1.54) is 0 Å². The number of nitrogens with zero attached hydrogens (tertiary/aromatic N) is 5. The second-order valence-corrected chi connectivity index (χ2v) is 5.00. The smallest absolute Gasteiger partial charge is 0.243 e. The van der Waals surface area contributed by atoms with Gasteiger partial charge in [0.05, 0.1) is 5.41 Å². The normalized spacial score (nSPS) is 11.2. The number of rotatable bonds is 6. The fraction of sp³-hybridized carbons (Fsp3) is 0.364. The van der Waals surface area contributed by atoms with Gasteiger partial charge in [0, 0.05) is 18.9 Å². The molecule has 21 heavy (non-hydrogen) atoms. The summed E-state index contributed by atoms with van der Waals surface area (Å²) < 4.78 is 1.60. The number of anilines is 2. The van der Waals surface area contributed by atoms with Gasteiger partial charge in [-0.05, 0) is 13.8 Å². The number of hydrogen-bond acceptors (Lipinski definition) is 8. The number of carbonyl (C=O) groups is 1. The zero-order valence-corrected chi connectivity index (χ0v) is 11.7. The number of nitrogens with one attached hydrogen (secondary N) is 2. The predicted molar refractivity (Wildman–Crippen MR) is 76.2 cm³/mol. The Hall–Kier alpha value is -2.75. The van der Waals surface area contributed by atoms with E-state index in [2.05, 4.69) is 30.7 Å². The number of hydrazine groups is 1. The highest BCUT2D eigenvalue weighted by Crippen LogP contribution is 2.15. The van der Waals surface area contributed by atoms with Crippen LogP contribution in [0.2, 0.25) is 0 Å². The van der Waals surface area contributed by atoms with Crippen molar-refractivity contribution in [1.82, 2.24) is 24.5 Å². The molecule has 10 nitrogen and oxygen atoms in total. The Kier molecular flexibility index (Phi) is 3.98. The summed E-state index contributed by atoms with van der Waals surface area (Å²) in [6.07, 6.45) is 4.84. The minimum Gasteiger partial charge on any atom is -0.369 e. The number of carbonyl (C=O) groups excluding carboxylic acids is 1. The maximum atomic E-state index is 11.3. The quantitative estimate of drug-likeness (QED) is 0.401. The van der Waals surface area contributed by atoms with Crippen molar-refractivity contribution in [1.29, 1.82) is 0 Å². The topological polar surface area (TPSA) is 150 Å². The van der Waals surface area contributed by atoms with Gasteiger partial charge in [0.25, 0.3) is 0 Å². The first-order chi connectivity index (χ1) is 9.92. The molecule has 0 atom stereocenters. The highest BCUT2D eigenvalue weighted by atomic mass is 16.1. The molecule has 0 spiro atoms. The van der Waals surface area contributed by atoms with E-state index in [0.717, 1.165) is 0 Å². The molecule has 10 heteroatoms. The Bertz CT molecular complexity index is 623. The highest BCUT2D eigenvalue weighted by Gasteiger charge is 2.25. The molecule has 0 bridgehead atoms. The minimum atomic E-state index is -0.738. The molecule has 0 saturated heterocycles. The Morgan fingerprint density at radius 1 is 1.33 bits per heavy atom. The molecule has 2 aromatic heterocycles. The number of primary amides is 1. The van der Waals surface area contributed by atoms with Crippen molar-refractivity contribution < 1.29 is 4.79 Å². The van der Waals surface area contributed by atoms with E-state index in [0.29, 0.717) is 5.95 Å². The number of imidazole rings is 1. The summed E-state index contributed by atoms with van der Waals surface area (Å²) in [6, 6.07) is 0. The van der Waals surface area contributed by atoms with E-state index in [4.69, 9.17) is 11.6 Å². The van der Waals surface area contributed by atoms with Crippen molar-refractivity contribution in [3.05, 3.63) is 18.7 Å². The van der Waals surface area contributed by atoms with E-state index >= 15 is 0 Å². The summed E-state index contributed by atoms with van der Waals surface area (Å²) in [5.74, 6) is 5.73. The molecule has 0 aliphatic heterocycles. The first-order valence-electron chi connectivity index (χ1n) is 6.17. The van der Waals surface area contributed by atoms with E-state index in [-0.39, 0.29) is 18.4 Å². The Balaban J connectivity index is 2.24. The number of hydrogen-bond donors (Lipinski definition) is 4. The lowest BCUT2D eigenvalue weighted by Gasteiger charge is -2.20. The van der Waals surface area contributed by atoms with Crippen molar-refractivity contribution in [2.45, 2.75) is 13.8 Å². The van der Waals surface area contributed by atoms with E-state index in [9.17, 15) is 4.79 Å². The van der Waals surface area contributed by atoms with Crippen molar-refractivity contribution in [3.8, 4) is 5.95 Å². The van der Waals surface area contributed by atoms with Crippen LogP contribution in [0.1, 0.15) is 13.8 Å². The Morgan fingerprint density at radius 3 is 2.62 bits per heavy atom. The van der Waals surface area contributed by atoms with Crippen LogP contribution in [0.15, 0.2) is 18.7 Å². The first kappa shape index (κ1) is 14.7. The van der Waals surface area contributed by atoms with Gasteiger partial charge in [-0.1, -0.05) is 0 Å². The molecular formula is C11H17N9O. The van der Waals surface area contributed by atoms with Gasteiger partial charge >= 0.3 is 0 Å². The predicted octanol–water partition coefficient (Wildman–Crippen LogP) is -0.734. The third-order valence-electron chi connectivity index (χ3n) is 2.84. The molecule has 112 valence electrons. The number of aromatic nitrogens is 5. The van der Waals surface area contributed by atoms with Crippen LogP contribution in [-0.4, -0.2) is 37.0 Å². The van der Waals surface area contributed by atoms with Gasteiger partial charge in [-0.3, -0.25) is 14.8 Å². The first-order valence-corrected chi connectivity index (χ1v) is 6.17. The lowest BCUT2D eigenvalue weighted by Crippen LogP contribution is -2.37.